The van der Waals surface area contributed by atoms with E-state index in [1.54, 1.807) is 13.1 Å². The van der Waals surface area contributed by atoms with Gasteiger partial charge in [0, 0.05) is 17.8 Å². The highest BCUT2D eigenvalue weighted by atomic mass is 16.5. The molecule has 0 saturated heterocycles. The van der Waals surface area contributed by atoms with Crippen molar-refractivity contribution in [2.45, 2.75) is 20.8 Å². The predicted octanol–water partition coefficient (Wildman–Crippen LogP) is 1.72. The minimum absolute atomic E-state index is 0.00407. The summed E-state index contributed by atoms with van der Waals surface area (Å²) in [5.74, 6) is 0.496. The Labute approximate surface area is 72.4 Å². The van der Waals surface area contributed by atoms with Crippen LogP contribution in [-0.2, 0) is 0 Å². The first kappa shape index (κ1) is 10.8. The molecule has 0 fully saturated rings. The molecule has 3 heteroatoms. The molecule has 1 heterocycles. The summed E-state index contributed by atoms with van der Waals surface area (Å²) in [6, 6.07) is 1.43. The zero-order valence-electron chi connectivity index (χ0n) is 7.97. The summed E-state index contributed by atoms with van der Waals surface area (Å²) in [4.78, 5) is 13.7. The van der Waals surface area contributed by atoms with Gasteiger partial charge in [-0.15, -0.1) is 0 Å². The van der Waals surface area contributed by atoms with Gasteiger partial charge in [-0.1, -0.05) is 13.8 Å². The molecule has 12 heavy (non-hydrogen) atoms. The summed E-state index contributed by atoms with van der Waals surface area (Å²) in [5, 5.41) is 0. The van der Waals surface area contributed by atoms with Crippen LogP contribution < -0.4 is 10.2 Å². The SMILES string of the molecule is CC.COc1cc(=O)c(C)c[nH]1. The van der Waals surface area contributed by atoms with Crippen LogP contribution >= 0.6 is 0 Å². The number of aryl methyl sites for hydroxylation is 1. The topological polar surface area (TPSA) is 42.1 Å². The van der Waals surface area contributed by atoms with Gasteiger partial charge in [-0.25, -0.2) is 0 Å². The number of aromatic amines is 1. The molecular weight excluding hydrogens is 154 g/mol. The Morgan fingerprint density at radius 2 is 2.00 bits per heavy atom. The highest BCUT2D eigenvalue weighted by Gasteiger charge is 1.93. The Morgan fingerprint density at radius 3 is 2.42 bits per heavy atom. The molecule has 0 aliphatic carbocycles. The summed E-state index contributed by atoms with van der Waals surface area (Å²) in [5.41, 5.74) is 0.691. The van der Waals surface area contributed by atoms with E-state index in [0.29, 0.717) is 11.4 Å². The fraction of sp³-hybridized carbons (Fsp3) is 0.444. The van der Waals surface area contributed by atoms with Crippen molar-refractivity contribution in [2.24, 2.45) is 0 Å². The first-order chi connectivity index (χ1) is 5.74. The quantitative estimate of drug-likeness (QED) is 0.695. The molecule has 1 aromatic heterocycles. The summed E-state index contributed by atoms with van der Waals surface area (Å²) in [6.45, 7) is 5.75. The lowest BCUT2D eigenvalue weighted by molar-refractivity contribution is 0.397. The van der Waals surface area contributed by atoms with Crippen LogP contribution in [0.15, 0.2) is 17.1 Å². The molecule has 0 radical (unpaired) electrons. The van der Waals surface area contributed by atoms with Crippen molar-refractivity contribution in [2.75, 3.05) is 7.11 Å². The molecule has 1 N–H and O–H groups in total. The Bertz CT molecular complexity index is 278. The fourth-order valence-electron chi connectivity index (χ4n) is 0.643. The standard InChI is InChI=1S/C7H9NO2.C2H6/c1-5-4-8-7(10-2)3-6(5)9;1-2/h3-4H,1-2H3,(H,8,9);1-2H3. The van der Waals surface area contributed by atoms with Crippen molar-refractivity contribution in [1.82, 2.24) is 4.98 Å². The first-order valence-corrected chi connectivity index (χ1v) is 3.97. The highest BCUT2D eigenvalue weighted by molar-refractivity contribution is 5.16. The third kappa shape index (κ3) is 2.78. The number of hydrogen-bond acceptors (Lipinski definition) is 2. The van der Waals surface area contributed by atoms with Crippen LogP contribution in [0, 0.1) is 6.92 Å². The zero-order chi connectivity index (χ0) is 9.56. The molecule has 0 aliphatic heterocycles. The van der Waals surface area contributed by atoms with Gasteiger partial charge in [0.25, 0.3) is 0 Å². The molecule has 0 bridgehead atoms. The molecule has 1 rings (SSSR count). The molecule has 0 aromatic carbocycles. The molecule has 0 aliphatic rings. The highest BCUT2D eigenvalue weighted by Crippen LogP contribution is 1.99. The van der Waals surface area contributed by atoms with E-state index in [0.717, 1.165) is 0 Å². The molecule has 1 aromatic rings. The zero-order valence-corrected chi connectivity index (χ0v) is 7.97. The maximum Gasteiger partial charge on any atom is 0.194 e. The van der Waals surface area contributed by atoms with E-state index in [1.165, 1.54) is 13.2 Å². The Balaban J connectivity index is 0.000000561. The second-order valence-corrected chi connectivity index (χ2v) is 2.05. The van der Waals surface area contributed by atoms with Gasteiger partial charge in [-0.3, -0.25) is 4.79 Å². The average Bonchev–Trinajstić information content (AvgIpc) is 2.13. The van der Waals surface area contributed by atoms with Gasteiger partial charge in [0.2, 0.25) is 0 Å². The lowest BCUT2D eigenvalue weighted by atomic mass is 10.3. The maximum atomic E-state index is 10.9. The Kier molecular flexibility index (Phi) is 4.84. The minimum atomic E-state index is -0.00407. The molecule has 0 amide bonds. The monoisotopic (exact) mass is 169 g/mol. The number of nitrogens with one attached hydrogen (secondary N) is 1. The number of hydrogen-bond donors (Lipinski definition) is 1. The van der Waals surface area contributed by atoms with Crippen molar-refractivity contribution < 1.29 is 4.74 Å². The van der Waals surface area contributed by atoms with Crippen LogP contribution in [0.25, 0.3) is 0 Å². The van der Waals surface area contributed by atoms with Crippen molar-refractivity contribution in [3.8, 4) is 5.88 Å². The molecule has 0 atom stereocenters. The van der Waals surface area contributed by atoms with Crippen molar-refractivity contribution >= 4 is 0 Å². The van der Waals surface area contributed by atoms with Crippen molar-refractivity contribution in [1.29, 1.82) is 0 Å². The average molecular weight is 169 g/mol. The van der Waals surface area contributed by atoms with E-state index >= 15 is 0 Å². The molecule has 68 valence electrons. The number of methoxy groups -OCH3 is 1. The third-order valence-electron chi connectivity index (χ3n) is 1.30. The maximum absolute atomic E-state index is 10.9. The van der Waals surface area contributed by atoms with Crippen LogP contribution in [0.4, 0.5) is 0 Å². The number of H-pyrrole nitrogens is 1. The second-order valence-electron chi connectivity index (χ2n) is 2.05. The molecule has 3 nitrogen and oxygen atoms in total. The van der Waals surface area contributed by atoms with E-state index in [-0.39, 0.29) is 5.43 Å². The van der Waals surface area contributed by atoms with Gasteiger partial charge in [0.15, 0.2) is 11.3 Å². The Hall–Kier alpha value is -1.25. The normalized spacial score (nSPS) is 8.33. The summed E-state index contributed by atoms with van der Waals surface area (Å²) >= 11 is 0. The van der Waals surface area contributed by atoms with E-state index < -0.39 is 0 Å². The van der Waals surface area contributed by atoms with Gasteiger partial charge in [0.05, 0.1) is 7.11 Å². The smallest absolute Gasteiger partial charge is 0.194 e. The summed E-state index contributed by atoms with van der Waals surface area (Å²) < 4.78 is 4.79. The van der Waals surface area contributed by atoms with Crippen LogP contribution in [0.2, 0.25) is 0 Å². The summed E-state index contributed by atoms with van der Waals surface area (Å²) in [6.07, 6.45) is 1.63. The lowest BCUT2D eigenvalue weighted by Crippen LogP contribution is -2.04. The van der Waals surface area contributed by atoms with E-state index in [1.807, 2.05) is 13.8 Å². The largest absolute Gasteiger partial charge is 0.482 e. The molecular formula is C9H15NO2. The van der Waals surface area contributed by atoms with E-state index in [4.69, 9.17) is 4.74 Å². The van der Waals surface area contributed by atoms with Gasteiger partial charge in [-0.05, 0) is 6.92 Å². The van der Waals surface area contributed by atoms with Crippen molar-refractivity contribution in [3.63, 3.8) is 0 Å². The van der Waals surface area contributed by atoms with E-state index in [9.17, 15) is 4.79 Å². The van der Waals surface area contributed by atoms with Crippen LogP contribution in [0.1, 0.15) is 19.4 Å². The van der Waals surface area contributed by atoms with Gasteiger partial charge >= 0.3 is 0 Å². The number of ether oxygens (including phenoxy) is 1. The van der Waals surface area contributed by atoms with Gasteiger partial charge in [0.1, 0.15) is 0 Å². The number of aromatic nitrogens is 1. The number of rotatable bonds is 1. The molecule has 0 saturated carbocycles. The van der Waals surface area contributed by atoms with Crippen LogP contribution in [0.3, 0.4) is 0 Å². The molecule has 0 unspecified atom stereocenters. The minimum Gasteiger partial charge on any atom is -0.482 e. The third-order valence-corrected chi connectivity index (χ3v) is 1.30. The van der Waals surface area contributed by atoms with Gasteiger partial charge in [-0.2, -0.15) is 0 Å². The predicted molar refractivity (Wildman–Crippen MR) is 49.7 cm³/mol. The van der Waals surface area contributed by atoms with Gasteiger partial charge < -0.3 is 9.72 Å². The molecule has 0 spiro atoms. The number of pyridine rings is 1. The first-order valence-electron chi connectivity index (χ1n) is 3.97. The van der Waals surface area contributed by atoms with Crippen LogP contribution in [-0.4, -0.2) is 12.1 Å². The Morgan fingerprint density at radius 1 is 1.42 bits per heavy atom. The second kappa shape index (κ2) is 5.41. The lowest BCUT2D eigenvalue weighted by Gasteiger charge is -1.97. The van der Waals surface area contributed by atoms with E-state index in [2.05, 4.69) is 4.98 Å². The van der Waals surface area contributed by atoms with Crippen LogP contribution in [0.5, 0.6) is 5.88 Å². The summed E-state index contributed by atoms with van der Waals surface area (Å²) in [7, 11) is 1.51. The fourth-order valence-corrected chi connectivity index (χ4v) is 0.643. The van der Waals surface area contributed by atoms with Crippen molar-refractivity contribution in [3.05, 3.63) is 28.0 Å².